The molecule has 61 valence electrons. The van der Waals surface area contributed by atoms with Gasteiger partial charge in [-0.3, -0.25) is 4.79 Å². The number of hydrogen-bond acceptors (Lipinski definition) is 2. The van der Waals surface area contributed by atoms with Crippen molar-refractivity contribution < 1.29 is 23.9 Å². The van der Waals surface area contributed by atoms with E-state index >= 15 is 0 Å². The summed E-state index contributed by atoms with van der Waals surface area (Å²) in [5.74, 6) is -2.44. The van der Waals surface area contributed by atoms with Crippen LogP contribution >= 0.6 is 0 Å². The first-order valence-electron chi connectivity index (χ1n) is 2.36. The summed E-state index contributed by atoms with van der Waals surface area (Å²) in [6, 6.07) is 0. The van der Waals surface area contributed by atoms with Crippen LogP contribution in [-0.4, -0.2) is 32.7 Å². The highest BCUT2D eigenvalue weighted by Crippen LogP contribution is 1.95. The van der Waals surface area contributed by atoms with Crippen molar-refractivity contribution in [1.82, 2.24) is 0 Å². The van der Waals surface area contributed by atoms with Crippen molar-refractivity contribution in [3.63, 3.8) is 0 Å². The lowest BCUT2D eigenvalue weighted by molar-refractivity contribution is -0.139. The molecule has 0 heterocycles. The molecule has 0 saturated carbocycles. The topological polar surface area (TPSA) is 74.6 Å². The SMILES string of the molecule is C=C(CC(=O)O)C(=O)O.F[Si]. The Morgan fingerprint density at radius 2 is 1.73 bits per heavy atom. The number of halogens is 1. The van der Waals surface area contributed by atoms with E-state index in [-0.39, 0.29) is 5.57 Å². The van der Waals surface area contributed by atoms with Gasteiger partial charge >= 0.3 is 22.5 Å². The van der Waals surface area contributed by atoms with E-state index in [0.29, 0.717) is 0 Å². The molecule has 0 atom stereocenters. The quantitative estimate of drug-likeness (QED) is 0.365. The third kappa shape index (κ3) is 8.83. The Hall–Kier alpha value is -1.17. The average Bonchev–Trinajstić information content (AvgIpc) is 1.90. The van der Waals surface area contributed by atoms with Gasteiger partial charge in [-0.2, -0.15) is 0 Å². The van der Waals surface area contributed by atoms with Crippen LogP contribution in [0.4, 0.5) is 4.11 Å². The van der Waals surface area contributed by atoms with Crippen molar-refractivity contribution in [3.8, 4) is 0 Å². The molecule has 0 aromatic heterocycles. The van der Waals surface area contributed by atoms with Crippen molar-refractivity contribution in [2.75, 3.05) is 0 Å². The van der Waals surface area contributed by atoms with Gasteiger partial charge in [-0.05, 0) is 0 Å². The van der Waals surface area contributed by atoms with Gasteiger partial charge in [0.25, 0.3) is 0 Å². The number of carbonyl (C=O) groups is 2. The fraction of sp³-hybridized carbons (Fsp3) is 0.200. The van der Waals surface area contributed by atoms with Crippen molar-refractivity contribution in [3.05, 3.63) is 12.2 Å². The van der Waals surface area contributed by atoms with Gasteiger partial charge in [-0.15, -0.1) is 0 Å². The predicted molar refractivity (Wildman–Crippen MR) is 35.9 cm³/mol. The summed E-state index contributed by atoms with van der Waals surface area (Å²) in [6.45, 7) is 3.01. The summed E-state index contributed by atoms with van der Waals surface area (Å²) in [6.07, 6.45) is -0.505. The largest absolute Gasteiger partial charge is 0.481 e. The van der Waals surface area contributed by atoms with Crippen LogP contribution in [0.2, 0.25) is 0 Å². The van der Waals surface area contributed by atoms with Gasteiger partial charge < -0.3 is 14.3 Å². The molecule has 0 unspecified atom stereocenters. The van der Waals surface area contributed by atoms with E-state index in [1.807, 2.05) is 0 Å². The Bertz CT molecular complexity index is 168. The molecule has 0 aliphatic rings. The van der Waals surface area contributed by atoms with E-state index < -0.39 is 18.4 Å². The molecule has 0 saturated heterocycles. The molecule has 11 heavy (non-hydrogen) atoms. The Balaban J connectivity index is 0. The van der Waals surface area contributed by atoms with Gasteiger partial charge in [0.1, 0.15) is 0 Å². The minimum atomic E-state index is -1.27. The minimum Gasteiger partial charge on any atom is -0.481 e. The Morgan fingerprint density at radius 3 is 1.82 bits per heavy atom. The second kappa shape index (κ2) is 6.94. The monoisotopic (exact) mass is 177 g/mol. The van der Waals surface area contributed by atoms with Crippen LogP contribution in [-0.2, 0) is 9.59 Å². The van der Waals surface area contributed by atoms with Gasteiger partial charge in [-0.1, -0.05) is 6.58 Å². The van der Waals surface area contributed by atoms with Crippen molar-refractivity contribution in [2.24, 2.45) is 0 Å². The van der Waals surface area contributed by atoms with Gasteiger partial charge in [-0.25, -0.2) is 4.79 Å². The van der Waals surface area contributed by atoms with Gasteiger partial charge in [0.15, 0.2) is 0 Å². The molecule has 0 rings (SSSR count). The van der Waals surface area contributed by atoms with Gasteiger partial charge in [0.2, 0.25) is 0 Å². The molecule has 2 N–H and O–H groups in total. The highest BCUT2D eigenvalue weighted by atomic mass is 28.2. The van der Waals surface area contributed by atoms with E-state index in [1.54, 1.807) is 0 Å². The number of carboxylic acids is 2. The molecular formula is C5H6FO4Si. The van der Waals surface area contributed by atoms with Gasteiger partial charge in [0.05, 0.1) is 6.42 Å². The molecule has 0 aromatic carbocycles. The Morgan fingerprint density at radius 1 is 1.36 bits per heavy atom. The first-order valence-corrected chi connectivity index (χ1v) is 2.73. The fourth-order valence-corrected chi connectivity index (χ4v) is 0.258. The highest BCUT2D eigenvalue weighted by molar-refractivity contribution is 5.96. The zero-order chi connectivity index (χ0) is 9.44. The minimum absolute atomic E-state index is 0.303. The number of aliphatic carboxylic acids is 2. The van der Waals surface area contributed by atoms with E-state index in [2.05, 4.69) is 6.58 Å². The highest BCUT2D eigenvalue weighted by Gasteiger charge is 2.07. The van der Waals surface area contributed by atoms with Crippen LogP contribution in [0.1, 0.15) is 6.42 Å². The molecule has 0 aliphatic carbocycles. The molecule has 0 aliphatic heterocycles. The predicted octanol–water partition coefficient (Wildman–Crippen LogP) is 0.141. The maximum Gasteiger partial charge on any atom is 0.331 e. The van der Waals surface area contributed by atoms with Crippen LogP contribution in [0.25, 0.3) is 0 Å². The smallest absolute Gasteiger partial charge is 0.331 e. The molecular weight excluding hydrogens is 171 g/mol. The Kier molecular flexibility index (Phi) is 7.89. The molecule has 3 radical (unpaired) electrons. The van der Waals surface area contributed by atoms with Gasteiger partial charge in [0, 0.05) is 5.57 Å². The maximum atomic E-state index is 9.87. The zero-order valence-corrected chi connectivity index (χ0v) is 6.50. The first-order chi connectivity index (χ1) is 5.04. The van der Waals surface area contributed by atoms with Crippen LogP contribution in [0.15, 0.2) is 12.2 Å². The second-order valence-corrected chi connectivity index (χ2v) is 1.48. The van der Waals surface area contributed by atoms with E-state index in [0.717, 1.165) is 0 Å². The summed E-state index contributed by atoms with van der Waals surface area (Å²) in [5, 5.41) is 16.1. The van der Waals surface area contributed by atoms with Crippen LogP contribution < -0.4 is 0 Å². The maximum absolute atomic E-state index is 9.87. The summed E-state index contributed by atoms with van der Waals surface area (Å²) in [7, 11) is 1.47. The summed E-state index contributed by atoms with van der Waals surface area (Å²) >= 11 is 0. The standard InChI is InChI=1S/C5H6O4.FSi/c1-3(5(8)9)2-4(6)7;1-2/h1-2H2,(H,6,7)(H,8,9);. The summed E-state index contributed by atoms with van der Waals surface area (Å²) in [5.41, 5.74) is -0.303. The van der Waals surface area contributed by atoms with Crippen LogP contribution in [0.5, 0.6) is 0 Å². The lowest BCUT2D eigenvalue weighted by Gasteiger charge is -1.91. The molecule has 6 heteroatoms. The second-order valence-electron chi connectivity index (χ2n) is 1.48. The molecule has 0 aromatic rings. The van der Waals surface area contributed by atoms with E-state index in [1.165, 1.54) is 10.6 Å². The van der Waals surface area contributed by atoms with Crippen LogP contribution in [0, 0.1) is 0 Å². The van der Waals surface area contributed by atoms with Crippen LogP contribution in [0.3, 0.4) is 0 Å². The fourth-order valence-electron chi connectivity index (χ4n) is 0.258. The molecule has 0 fully saturated rings. The van der Waals surface area contributed by atoms with E-state index in [4.69, 9.17) is 10.2 Å². The van der Waals surface area contributed by atoms with Crippen molar-refractivity contribution >= 4 is 22.5 Å². The summed E-state index contributed by atoms with van der Waals surface area (Å²) < 4.78 is 9.31. The number of rotatable bonds is 3. The normalized spacial score (nSPS) is 7.45. The summed E-state index contributed by atoms with van der Waals surface area (Å²) in [4.78, 5) is 19.7. The number of hydrogen-bond donors (Lipinski definition) is 2. The zero-order valence-electron chi connectivity index (χ0n) is 5.50. The lowest BCUT2D eigenvalue weighted by atomic mass is 10.2. The Labute approximate surface area is 65.9 Å². The lowest BCUT2D eigenvalue weighted by Crippen LogP contribution is -2.04. The number of carboxylic acid groups (broad SMARTS) is 2. The molecule has 0 spiro atoms. The van der Waals surface area contributed by atoms with Crippen molar-refractivity contribution in [2.45, 2.75) is 6.42 Å². The van der Waals surface area contributed by atoms with E-state index in [9.17, 15) is 13.7 Å². The molecule has 0 amide bonds. The first kappa shape index (κ1) is 12.5. The average molecular weight is 177 g/mol. The molecule has 0 bridgehead atoms. The van der Waals surface area contributed by atoms with Crippen molar-refractivity contribution in [1.29, 1.82) is 0 Å². The third-order valence-corrected chi connectivity index (χ3v) is 0.667. The third-order valence-electron chi connectivity index (χ3n) is 0.667. The molecule has 4 nitrogen and oxygen atoms in total.